The zero-order chi connectivity index (χ0) is 10.9. The summed E-state index contributed by atoms with van der Waals surface area (Å²) >= 11 is 0. The minimum Gasteiger partial charge on any atom is -0.504 e. The van der Waals surface area contributed by atoms with Crippen molar-refractivity contribution in [2.45, 2.75) is 13.8 Å². The molecule has 0 bridgehead atoms. The Morgan fingerprint density at radius 3 is 2.36 bits per heavy atom. The molecule has 0 saturated heterocycles. The van der Waals surface area contributed by atoms with E-state index < -0.39 is 5.97 Å². The fourth-order valence-corrected chi connectivity index (χ4v) is 1.25. The summed E-state index contributed by atoms with van der Waals surface area (Å²) in [6.07, 6.45) is 0. The molecule has 0 atom stereocenters. The van der Waals surface area contributed by atoms with Crippen molar-refractivity contribution in [2.75, 3.05) is 7.11 Å². The van der Waals surface area contributed by atoms with Crippen LogP contribution >= 0.6 is 0 Å². The number of phenols is 1. The molecule has 0 radical (unpaired) electrons. The van der Waals surface area contributed by atoms with E-state index in [4.69, 9.17) is 9.84 Å². The van der Waals surface area contributed by atoms with Crippen LogP contribution in [-0.2, 0) is 0 Å². The van der Waals surface area contributed by atoms with Gasteiger partial charge in [0, 0.05) is 0 Å². The Bertz CT molecular complexity index is 382. The van der Waals surface area contributed by atoms with Gasteiger partial charge in [0.2, 0.25) is 0 Å². The quantitative estimate of drug-likeness (QED) is 0.755. The van der Waals surface area contributed by atoms with Gasteiger partial charge in [-0.2, -0.15) is 0 Å². The van der Waals surface area contributed by atoms with E-state index in [9.17, 15) is 9.90 Å². The van der Waals surface area contributed by atoms with Gasteiger partial charge >= 0.3 is 5.97 Å². The Balaban J connectivity index is 3.48. The smallest absolute Gasteiger partial charge is 0.336 e. The molecule has 1 rings (SSSR count). The van der Waals surface area contributed by atoms with Crippen LogP contribution in [0.3, 0.4) is 0 Å². The van der Waals surface area contributed by atoms with E-state index in [0.29, 0.717) is 11.1 Å². The highest BCUT2D eigenvalue weighted by Crippen LogP contribution is 2.33. The number of phenolic OH excluding ortho intramolecular Hbond substituents is 1. The van der Waals surface area contributed by atoms with E-state index in [1.165, 1.54) is 13.2 Å². The molecule has 0 heterocycles. The van der Waals surface area contributed by atoms with Gasteiger partial charge in [-0.15, -0.1) is 0 Å². The van der Waals surface area contributed by atoms with Gasteiger partial charge in [-0.1, -0.05) is 0 Å². The molecule has 76 valence electrons. The molecule has 0 aliphatic carbocycles. The van der Waals surface area contributed by atoms with Crippen LogP contribution in [0.5, 0.6) is 11.5 Å². The van der Waals surface area contributed by atoms with Crippen LogP contribution in [0.4, 0.5) is 0 Å². The van der Waals surface area contributed by atoms with E-state index in [0.717, 1.165) is 0 Å². The molecule has 0 aromatic heterocycles. The molecule has 1 aromatic carbocycles. The molecule has 1 aromatic rings. The summed E-state index contributed by atoms with van der Waals surface area (Å²) < 4.78 is 4.86. The topological polar surface area (TPSA) is 66.8 Å². The summed E-state index contributed by atoms with van der Waals surface area (Å²) in [5, 5.41) is 18.4. The van der Waals surface area contributed by atoms with E-state index in [1.54, 1.807) is 13.8 Å². The number of carboxylic acid groups (broad SMARTS) is 1. The number of carbonyl (C=O) groups is 1. The molecule has 2 N–H and O–H groups in total. The second-order valence-corrected chi connectivity index (χ2v) is 3.03. The van der Waals surface area contributed by atoms with Crippen molar-refractivity contribution in [3.63, 3.8) is 0 Å². The maximum Gasteiger partial charge on any atom is 0.336 e. The van der Waals surface area contributed by atoms with Crippen molar-refractivity contribution in [1.82, 2.24) is 0 Å². The summed E-state index contributed by atoms with van der Waals surface area (Å²) in [5.74, 6) is -0.843. The van der Waals surface area contributed by atoms with E-state index >= 15 is 0 Å². The first-order chi connectivity index (χ1) is 6.49. The number of ether oxygens (including phenoxy) is 1. The number of hydrogen-bond acceptors (Lipinski definition) is 3. The lowest BCUT2D eigenvalue weighted by atomic mass is 10.0. The normalized spacial score (nSPS) is 9.93. The maximum atomic E-state index is 10.8. The summed E-state index contributed by atoms with van der Waals surface area (Å²) in [6, 6.07) is 1.32. The molecule has 14 heavy (non-hydrogen) atoms. The third-order valence-electron chi connectivity index (χ3n) is 2.28. The van der Waals surface area contributed by atoms with Crippen LogP contribution in [0.1, 0.15) is 21.5 Å². The third kappa shape index (κ3) is 1.51. The van der Waals surface area contributed by atoms with Crippen molar-refractivity contribution < 1.29 is 19.7 Å². The SMILES string of the molecule is COc1cc(C(=O)O)c(C)c(C)c1O. The lowest BCUT2D eigenvalue weighted by molar-refractivity contribution is 0.0695. The fraction of sp³-hybridized carbons (Fsp3) is 0.300. The lowest BCUT2D eigenvalue weighted by Gasteiger charge is -2.11. The Kier molecular flexibility index (Phi) is 2.65. The highest BCUT2D eigenvalue weighted by atomic mass is 16.5. The Morgan fingerprint density at radius 1 is 1.36 bits per heavy atom. The van der Waals surface area contributed by atoms with Crippen LogP contribution in [-0.4, -0.2) is 23.3 Å². The van der Waals surface area contributed by atoms with Gasteiger partial charge < -0.3 is 14.9 Å². The molecule has 4 heteroatoms. The molecule has 0 unspecified atom stereocenters. The van der Waals surface area contributed by atoms with Crippen LogP contribution < -0.4 is 4.74 Å². The average Bonchev–Trinajstić information content (AvgIpc) is 2.14. The largest absolute Gasteiger partial charge is 0.504 e. The van der Waals surface area contributed by atoms with Gasteiger partial charge in [0.05, 0.1) is 12.7 Å². The maximum absolute atomic E-state index is 10.8. The lowest BCUT2D eigenvalue weighted by Crippen LogP contribution is -2.02. The molecule has 4 nitrogen and oxygen atoms in total. The number of aromatic carboxylic acids is 1. The highest BCUT2D eigenvalue weighted by Gasteiger charge is 2.16. The number of benzene rings is 1. The van der Waals surface area contributed by atoms with Gasteiger partial charge in [0.25, 0.3) is 0 Å². The monoisotopic (exact) mass is 196 g/mol. The minimum atomic E-state index is -1.02. The number of methoxy groups -OCH3 is 1. The van der Waals surface area contributed by atoms with Crippen molar-refractivity contribution in [1.29, 1.82) is 0 Å². The first kappa shape index (κ1) is 10.4. The molecular formula is C10H12O4. The van der Waals surface area contributed by atoms with Gasteiger partial charge in [-0.05, 0) is 31.0 Å². The first-order valence-corrected chi connectivity index (χ1v) is 4.09. The van der Waals surface area contributed by atoms with Crippen molar-refractivity contribution in [2.24, 2.45) is 0 Å². The molecule has 0 spiro atoms. The van der Waals surface area contributed by atoms with E-state index in [1.807, 2.05) is 0 Å². The number of carboxylic acids is 1. The molecular weight excluding hydrogens is 184 g/mol. The first-order valence-electron chi connectivity index (χ1n) is 4.09. The van der Waals surface area contributed by atoms with Gasteiger partial charge in [-0.3, -0.25) is 0 Å². The van der Waals surface area contributed by atoms with E-state index in [-0.39, 0.29) is 17.1 Å². The predicted molar refractivity (Wildman–Crippen MR) is 51.1 cm³/mol. The Labute approximate surface area is 81.8 Å². The summed E-state index contributed by atoms with van der Waals surface area (Å²) in [6.45, 7) is 3.30. The molecule has 0 saturated carbocycles. The van der Waals surface area contributed by atoms with E-state index in [2.05, 4.69) is 0 Å². The second kappa shape index (κ2) is 3.57. The molecule has 0 aliphatic rings. The van der Waals surface area contributed by atoms with Crippen LogP contribution in [0.2, 0.25) is 0 Å². The Hall–Kier alpha value is -1.71. The van der Waals surface area contributed by atoms with Crippen LogP contribution in [0.25, 0.3) is 0 Å². The van der Waals surface area contributed by atoms with Crippen molar-refractivity contribution in [3.8, 4) is 11.5 Å². The van der Waals surface area contributed by atoms with Crippen molar-refractivity contribution >= 4 is 5.97 Å². The predicted octanol–water partition coefficient (Wildman–Crippen LogP) is 1.72. The molecule has 0 fully saturated rings. The molecule has 0 aliphatic heterocycles. The van der Waals surface area contributed by atoms with Gasteiger partial charge in [0.15, 0.2) is 11.5 Å². The minimum absolute atomic E-state index is 0.00463. The summed E-state index contributed by atoms with van der Waals surface area (Å²) in [5.41, 5.74) is 1.23. The zero-order valence-corrected chi connectivity index (χ0v) is 8.29. The standard InChI is InChI=1S/C10H12O4/c1-5-6(2)9(11)8(14-3)4-7(5)10(12)13/h4,11H,1-3H3,(H,12,13). The zero-order valence-electron chi connectivity index (χ0n) is 8.29. The third-order valence-corrected chi connectivity index (χ3v) is 2.28. The number of aromatic hydroxyl groups is 1. The molecule has 0 amide bonds. The number of rotatable bonds is 2. The van der Waals surface area contributed by atoms with Crippen LogP contribution in [0, 0.1) is 13.8 Å². The second-order valence-electron chi connectivity index (χ2n) is 3.03. The van der Waals surface area contributed by atoms with Crippen molar-refractivity contribution in [3.05, 3.63) is 22.8 Å². The summed E-state index contributed by atoms with van der Waals surface area (Å²) in [4.78, 5) is 10.8. The Morgan fingerprint density at radius 2 is 1.93 bits per heavy atom. The fourth-order valence-electron chi connectivity index (χ4n) is 1.25. The highest BCUT2D eigenvalue weighted by molar-refractivity contribution is 5.91. The number of hydrogen-bond donors (Lipinski definition) is 2. The summed E-state index contributed by atoms with van der Waals surface area (Å²) in [7, 11) is 1.38. The average molecular weight is 196 g/mol. The van der Waals surface area contributed by atoms with Gasteiger partial charge in [-0.25, -0.2) is 4.79 Å². The van der Waals surface area contributed by atoms with Crippen LogP contribution in [0.15, 0.2) is 6.07 Å². The van der Waals surface area contributed by atoms with Gasteiger partial charge in [0.1, 0.15) is 0 Å².